The molecule has 0 aliphatic heterocycles. The Morgan fingerprint density at radius 3 is 0.833 bits per heavy atom. The van der Waals surface area contributed by atoms with Gasteiger partial charge in [0.1, 0.15) is 0 Å². The van der Waals surface area contributed by atoms with Gasteiger partial charge in [0.2, 0.25) is 0 Å². The van der Waals surface area contributed by atoms with Crippen LogP contribution in [0.5, 0.6) is 0 Å². The summed E-state index contributed by atoms with van der Waals surface area (Å²) >= 11 is 0. The van der Waals surface area contributed by atoms with Crippen LogP contribution in [0.15, 0.2) is 97.1 Å². The summed E-state index contributed by atoms with van der Waals surface area (Å²) in [6, 6.07) is 25.1. The van der Waals surface area contributed by atoms with Crippen LogP contribution in [0.4, 0.5) is 0 Å². The Hall–Kier alpha value is -5.36. The van der Waals surface area contributed by atoms with Gasteiger partial charge in [0.25, 0.3) is 0 Å². The molecule has 0 aromatic heterocycles. The third-order valence-electron chi connectivity index (χ3n) is 9.07. The number of ketones is 2. The van der Waals surface area contributed by atoms with E-state index < -0.39 is 11.9 Å². The Balaban J connectivity index is 0.000000290. The highest BCUT2D eigenvalue weighted by molar-refractivity contribution is 6.08. The molecule has 0 radical (unpaired) electrons. The van der Waals surface area contributed by atoms with Gasteiger partial charge in [-0.15, -0.1) is 0 Å². The number of allylic oxidation sites excluding steroid dienone is 2. The number of benzene rings is 4. The fourth-order valence-electron chi connectivity index (χ4n) is 5.28. The van der Waals surface area contributed by atoms with Crippen LogP contribution < -0.4 is 0 Å². The maximum Gasteiger partial charge on any atom is 0.335 e. The molecule has 54 heavy (non-hydrogen) atoms. The predicted molar refractivity (Wildman–Crippen MR) is 221 cm³/mol. The first-order valence-electron chi connectivity index (χ1n) is 18.2. The summed E-state index contributed by atoms with van der Waals surface area (Å²) in [5.74, 6) is -2.05. The molecule has 0 amide bonds. The molecule has 0 fully saturated rings. The molecule has 0 heterocycles. The third-order valence-corrected chi connectivity index (χ3v) is 9.07. The Bertz CT molecular complexity index is 1830. The summed E-state index contributed by atoms with van der Waals surface area (Å²) in [7, 11) is 0. The maximum atomic E-state index is 12.8. The molecule has 0 spiro atoms. The van der Waals surface area contributed by atoms with Crippen LogP contribution in [-0.2, 0) is 21.7 Å². The molecule has 0 bridgehead atoms. The van der Waals surface area contributed by atoms with Crippen molar-refractivity contribution in [3.8, 4) is 0 Å². The number of carboxylic acid groups (broad SMARTS) is 2. The first-order chi connectivity index (χ1) is 24.8. The lowest BCUT2D eigenvalue weighted by Crippen LogP contribution is -2.17. The lowest BCUT2D eigenvalue weighted by atomic mass is 9.79. The highest BCUT2D eigenvalue weighted by atomic mass is 16.4. The molecule has 0 saturated heterocycles. The average molecular weight is 729 g/mol. The minimum Gasteiger partial charge on any atom is -0.478 e. The second kappa shape index (κ2) is 16.8. The summed E-state index contributed by atoms with van der Waals surface area (Å²) in [6.45, 7) is 25.7. The SMILES string of the molecule is CC(C)(C)c1cc(C(=O)/C=C/c2ccc(C(=O)O)cc2)cc(C(C)(C)C)c1.CC(C)(C)c1cc(C(=O)/C=C/c2ccc(C(=O)O)cc2)cc(C(C)(C)C)c1. The maximum absolute atomic E-state index is 12.8. The van der Waals surface area contributed by atoms with E-state index in [1.165, 1.54) is 24.3 Å². The van der Waals surface area contributed by atoms with Gasteiger partial charge in [-0.05, 0) is 116 Å². The van der Waals surface area contributed by atoms with E-state index in [9.17, 15) is 19.2 Å². The van der Waals surface area contributed by atoms with Crippen molar-refractivity contribution in [2.24, 2.45) is 0 Å². The molecule has 4 aromatic carbocycles. The van der Waals surface area contributed by atoms with Gasteiger partial charge >= 0.3 is 11.9 Å². The van der Waals surface area contributed by atoms with Gasteiger partial charge in [-0.3, -0.25) is 9.59 Å². The molecule has 284 valence electrons. The van der Waals surface area contributed by atoms with Crippen molar-refractivity contribution >= 4 is 35.7 Å². The zero-order valence-corrected chi connectivity index (χ0v) is 33.9. The monoisotopic (exact) mass is 728 g/mol. The lowest BCUT2D eigenvalue weighted by molar-refractivity contribution is 0.0686. The Morgan fingerprint density at radius 1 is 0.389 bits per heavy atom. The molecular formula is C48H56O6. The van der Waals surface area contributed by atoms with Gasteiger partial charge in [0.05, 0.1) is 11.1 Å². The first kappa shape index (κ1) is 43.0. The number of carbonyl (C=O) groups is 4. The normalized spacial score (nSPS) is 12.4. The molecule has 6 nitrogen and oxygen atoms in total. The van der Waals surface area contributed by atoms with Gasteiger partial charge in [-0.25, -0.2) is 9.59 Å². The summed E-state index contributed by atoms with van der Waals surface area (Å²) in [6.07, 6.45) is 6.52. The van der Waals surface area contributed by atoms with E-state index in [1.54, 1.807) is 48.6 Å². The average Bonchev–Trinajstić information content (AvgIpc) is 3.08. The zero-order chi connectivity index (χ0) is 40.8. The molecule has 4 rings (SSSR count). The van der Waals surface area contributed by atoms with Crippen molar-refractivity contribution in [3.05, 3.63) is 153 Å². The van der Waals surface area contributed by atoms with Gasteiger partial charge in [0.15, 0.2) is 11.6 Å². The van der Waals surface area contributed by atoms with E-state index in [4.69, 9.17) is 10.2 Å². The van der Waals surface area contributed by atoms with Crippen LogP contribution in [0.25, 0.3) is 12.2 Å². The molecule has 0 saturated carbocycles. The summed E-state index contributed by atoms with van der Waals surface area (Å²) in [5.41, 5.74) is 7.73. The van der Waals surface area contributed by atoms with Crippen LogP contribution >= 0.6 is 0 Å². The topological polar surface area (TPSA) is 109 Å². The number of rotatable bonds is 8. The molecule has 6 heteroatoms. The highest BCUT2D eigenvalue weighted by Crippen LogP contribution is 2.32. The Labute approximate surface area is 321 Å². The van der Waals surface area contributed by atoms with E-state index in [1.807, 2.05) is 24.3 Å². The van der Waals surface area contributed by atoms with Crippen molar-refractivity contribution in [1.82, 2.24) is 0 Å². The lowest BCUT2D eigenvalue weighted by Gasteiger charge is -2.25. The van der Waals surface area contributed by atoms with Crippen molar-refractivity contribution in [1.29, 1.82) is 0 Å². The third kappa shape index (κ3) is 12.4. The minimum absolute atomic E-state index is 0.0489. The summed E-state index contributed by atoms with van der Waals surface area (Å²) in [5, 5.41) is 17.9. The van der Waals surface area contributed by atoms with Gasteiger partial charge in [0, 0.05) is 11.1 Å². The van der Waals surface area contributed by atoms with Gasteiger partial charge in [-0.2, -0.15) is 0 Å². The fraction of sp³-hybridized carbons (Fsp3) is 0.333. The number of carbonyl (C=O) groups excluding carboxylic acids is 2. The van der Waals surface area contributed by atoms with E-state index in [0.29, 0.717) is 11.1 Å². The van der Waals surface area contributed by atoms with E-state index in [0.717, 1.165) is 33.4 Å². The molecule has 0 aliphatic rings. The molecule has 2 N–H and O–H groups in total. The van der Waals surface area contributed by atoms with Crippen LogP contribution in [0.1, 0.15) is 158 Å². The van der Waals surface area contributed by atoms with Gasteiger partial charge < -0.3 is 10.2 Å². The van der Waals surface area contributed by atoms with Crippen molar-refractivity contribution in [3.63, 3.8) is 0 Å². The standard InChI is InChI=1S/2C24H28O3/c2*1-23(2,3)19-13-18(14-20(15-19)24(4,5)6)21(25)12-9-16-7-10-17(11-8-16)22(26)27/h2*7-15H,1-6H3,(H,26,27)/b2*12-9+. The van der Waals surface area contributed by atoms with Crippen molar-refractivity contribution in [2.75, 3.05) is 0 Å². The fourth-order valence-corrected chi connectivity index (χ4v) is 5.28. The Morgan fingerprint density at radius 2 is 0.630 bits per heavy atom. The molecule has 0 atom stereocenters. The minimum atomic E-state index is -0.963. The van der Waals surface area contributed by atoms with Crippen LogP contribution in [-0.4, -0.2) is 33.7 Å². The Kier molecular flexibility index (Phi) is 13.4. The van der Waals surface area contributed by atoms with E-state index in [-0.39, 0.29) is 44.4 Å². The van der Waals surface area contributed by atoms with Crippen molar-refractivity contribution in [2.45, 2.75) is 105 Å². The first-order valence-corrected chi connectivity index (χ1v) is 18.2. The molecule has 4 aromatic rings. The number of hydrogen-bond donors (Lipinski definition) is 2. The van der Waals surface area contributed by atoms with E-state index >= 15 is 0 Å². The van der Waals surface area contributed by atoms with Crippen LogP contribution in [0, 0.1) is 0 Å². The molecular weight excluding hydrogens is 673 g/mol. The highest BCUT2D eigenvalue weighted by Gasteiger charge is 2.23. The number of carboxylic acids is 2. The van der Waals surface area contributed by atoms with Gasteiger partial charge in [-0.1, -0.05) is 132 Å². The van der Waals surface area contributed by atoms with Crippen LogP contribution in [0.2, 0.25) is 0 Å². The summed E-state index contributed by atoms with van der Waals surface area (Å²) < 4.78 is 0. The smallest absolute Gasteiger partial charge is 0.335 e. The van der Waals surface area contributed by atoms with E-state index in [2.05, 4.69) is 95.2 Å². The number of hydrogen-bond acceptors (Lipinski definition) is 4. The summed E-state index contributed by atoms with van der Waals surface area (Å²) in [4.78, 5) is 47.4. The van der Waals surface area contributed by atoms with Crippen molar-refractivity contribution < 1.29 is 29.4 Å². The quantitative estimate of drug-likeness (QED) is 0.138. The second-order valence-corrected chi connectivity index (χ2v) is 17.8. The second-order valence-electron chi connectivity index (χ2n) is 17.8. The predicted octanol–water partition coefficient (Wildman–Crippen LogP) is 11.8. The largest absolute Gasteiger partial charge is 0.478 e. The zero-order valence-electron chi connectivity index (χ0n) is 33.9. The number of aromatic carboxylic acids is 2. The molecule has 0 unspecified atom stereocenters. The van der Waals surface area contributed by atoms with Crippen LogP contribution in [0.3, 0.4) is 0 Å². The molecule has 0 aliphatic carbocycles.